The van der Waals surface area contributed by atoms with Crippen molar-refractivity contribution in [3.63, 3.8) is 0 Å². The van der Waals surface area contributed by atoms with Gasteiger partial charge in [0.2, 0.25) is 5.91 Å². The van der Waals surface area contributed by atoms with Crippen molar-refractivity contribution in [2.75, 3.05) is 6.54 Å². The Kier molecular flexibility index (Phi) is 6.69. The topological polar surface area (TPSA) is 49.3 Å². The van der Waals surface area contributed by atoms with Crippen LogP contribution in [0.2, 0.25) is 0 Å². The number of benzene rings is 1. The summed E-state index contributed by atoms with van der Waals surface area (Å²) in [6.07, 6.45) is 1.82. The molecule has 0 aromatic heterocycles. The third-order valence-electron chi connectivity index (χ3n) is 3.04. The van der Waals surface area contributed by atoms with E-state index in [1.165, 1.54) is 0 Å². The lowest BCUT2D eigenvalue weighted by Crippen LogP contribution is -2.41. The van der Waals surface area contributed by atoms with Crippen LogP contribution in [0.4, 0.5) is 0 Å². The number of aliphatic hydroxyl groups is 1. The molecule has 0 saturated carbocycles. The Morgan fingerprint density at radius 3 is 2.75 bits per heavy atom. The Balaban J connectivity index is 2.34. The van der Waals surface area contributed by atoms with Crippen molar-refractivity contribution in [1.82, 2.24) is 5.32 Å². The summed E-state index contributed by atoms with van der Waals surface area (Å²) in [5.74, 6) is 0.387. The fourth-order valence-corrected chi connectivity index (χ4v) is 2.73. The van der Waals surface area contributed by atoms with Gasteiger partial charge in [0.1, 0.15) is 0 Å². The van der Waals surface area contributed by atoms with Crippen LogP contribution in [0.1, 0.15) is 39.2 Å². The molecule has 2 N–H and O–H groups in total. The first-order valence-electron chi connectivity index (χ1n) is 7.02. The largest absolute Gasteiger partial charge is 0.388 e. The Morgan fingerprint density at radius 1 is 1.45 bits per heavy atom. The number of rotatable bonds is 7. The summed E-state index contributed by atoms with van der Waals surface area (Å²) >= 11 is 3.42. The second kappa shape index (κ2) is 7.79. The predicted octanol–water partition coefficient (Wildman–Crippen LogP) is 3.30. The SMILES string of the molecule is CC(C)CC(C)(O)CNC(=O)CCc1cccc(Br)c1. The van der Waals surface area contributed by atoms with E-state index in [-0.39, 0.29) is 5.91 Å². The Bertz CT molecular complexity index is 444. The van der Waals surface area contributed by atoms with Crippen molar-refractivity contribution >= 4 is 21.8 Å². The van der Waals surface area contributed by atoms with Gasteiger partial charge in [-0.15, -0.1) is 0 Å². The van der Waals surface area contributed by atoms with Crippen LogP contribution in [0.15, 0.2) is 28.7 Å². The maximum atomic E-state index is 11.8. The lowest BCUT2D eigenvalue weighted by Gasteiger charge is -2.25. The molecule has 1 aromatic rings. The van der Waals surface area contributed by atoms with E-state index in [0.717, 1.165) is 10.0 Å². The van der Waals surface area contributed by atoms with Crippen LogP contribution in [-0.4, -0.2) is 23.2 Å². The first-order valence-corrected chi connectivity index (χ1v) is 7.81. The molecule has 0 bridgehead atoms. The average Bonchev–Trinajstić information content (AvgIpc) is 2.32. The zero-order valence-corrected chi connectivity index (χ0v) is 14.0. The number of halogens is 1. The molecule has 3 nitrogen and oxygen atoms in total. The minimum absolute atomic E-state index is 0.0194. The molecule has 20 heavy (non-hydrogen) atoms. The number of nitrogens with one attached hydrogen (secondary N) is 1. The molecule has 0 aliphatic rings. The van der Waals surface area contributed by atoms with Crippen LogP contribution in [0, 0.1) is 5.92 Å². The molecule has 1 aromatic carbocycles. The van der Waals surface area contributed by atoms with Crippen LogP contribution in [0.25, 0.3) is 0 Å². The van der Waals surface area contributed by atoms with Gasteiger partial charge in [0.25, 0.3) is 0 Å². The standard InChI is InChI=1S/C16H24BrNO2/c1-12(2)10-16(3,20)11-18-15(19)8-7-13-5-4-6-14(17)9-13/h4-6,9,12,20H,7-8,10-11H2,1-3H3,(H,18,19). The molecule has 0 aliphatic heterocycles. The number of carbonyl (C=O) groups is 1. The van der Waals surface area contributed by atoms with E-state index in [0.29, 0.717) is 31.7 Å². The van der Waals surface area contributed by atoms with E-state index < -0.39 is 5.60 Å². The first-order chi connectivity index (χ1) is 9.28. The Morgan fingerprint density at radius 2 is 2.15 bits per heavy atom. The summed E-state index contributed by atoms with van der Waals surface area (Å²) in [5, 5.41) is 12.9. The third-order valence-corrected chi connectivity index (χ3v) is 3.54. The van der Waals surface area contributed by atoms with E-state index in [2.05, 4.69) is 35.1 Å². The van der Waals surface area contributed by atoms with E-state index in [1.807, 2.05) is 24.3 Å². The van der Waals surface area contributed by atoms with Crippen molar-refractivity contribution in [2.24, 2.45) is 5.92 Å². The molecule has 0 heterocycles. The van der Waals surface area contributed by atoms with Crippen LogP contribution < -0.4 is 5.32 Å². The van der Waals surface area contributed by atoms with Crippen LogP contribution in [-0.2, 0) is 11.2 Å². The minimum atomic E-state index is -0.834. The maximum Gasteiger partial charge on any atom is 0.220 e. The first kappa shape index (κ1) is 17.2. The number of hydrogen-bond acceptors (Lipinski definition) is 2. The number of amides is 1. The highest BCUT2D eigenvalue weighted by Gasteiger charge is 2.22. The van der Waals surface area contributed by atoms with E-state index >= 15 is 0 Å². The molecule has 4 heteroatoms. The van der Waals surface area contributed by atoms with Crippen molar-refractivity contribution in [2.45, 2.75) is 45.6 Å². The minimum Gasteiger partial charge on any atom is -0.388 e. The highest BCUT2D eigenvalue weighted by atomic mass is 79.9. The summed E-state index contributed by atoms with van der Waals surface area (Å²) in [5.41, 5.74) is 0.294. The molecule has 1 atom stereocenters. The second-order valence-electron chi connectivity index (χ2n) is 6.00. The molecule has 0 saturated heterocycles. The Labute approximate surface area is 129 Å². The van der Waals surface area contributed by atoms with Gasteiger partial charge in [0, 0.05) is 17.4 Å². The molecule has 1 amide bonds. The lowest BCUT2D eigenvalue weighted by molar-refractivity contribution is -0.122. The van der Waals surface area contributed by atoms with Crippen LogP contribution in [0.5, 0.6) is 0 Å². The lowest BCUT2D eigenvalue weighted by atomic mass is 9.94. The zero-order chi connectivity index (χ0) is 15.2. The molecule has 1 rings (SSSR count). The van der Waals surface area contributed by atoms with E-state index in [4.69, 9.17) is 0 Å². The quantitative estimate of drug-likeness (QED) is 0.799. The van der Waals surface area contributed by atoms with Gasteiger partial charge in [-0.3, -0.25) is 4.79 Å². The summed E-state index contributed by atoms with van der Waals surface area (Å²) in [4.78, 5) is 11.8. The summed E-state index contributed by atoms with van der Waals surface area (Å²) < 4.78 is 1.02. The molecule has 112 valence electrons. The van der Waals surface area contributed by atoms with Gasteiger partial charge in [0.05, 0.1) is 5.60 Å². The molecular formula is C16H24BrNO2. The fourth-order valence-electron chi connectivity index (χ4n) is 2.28. The van der Waals surface area contributed by atoms with Crippen molar-refractivity contribution in [3.05, 3.63) is 34.3 Å². The molecule has 1 unspecified atom stereocenters. The van der Waals surface area contributed by atoms with Gasteiger partial charge in [-0.1, -0.05) is 41.9 Å². The molecule has 0 fully saturated rings. The average molecular weight is 342 g/mol. The van der Waals surface area contributed by atoms with Gasteiger partial charge in [-0.05, 0) is 43.4 Å². The summed E-state index contributed by atoms with van der Waals surface area (Å²) in [7, 11) is 0. The number of carbonyl (C=O) groups excluding carboxylic acids is 1. The van der Waals surface area contributed by atoms with Crippen molar-refractivity contribution < 1.29 is 9.90 Å². The monoisotopic (exact) mass is 341 g/mol. The molecule has 0 radical (unpaired) electrons. The molecule has 0 spiro atoms. The predicted molar refractivity (Wildman–Crippen MR) is 85.6 cm³/mol. The van der Waals surface area contributed by atoms with Crippen molar-refractivity contribution in [1.29, 1.82) is 0 Å². The molecular weight excluding hydrogens is 318 g/mol. The van der Waals surface area contributed by atoms with E-state index in [1.54, 1.807) is 6.92 Å². The number of aryl methyl sites for hydroxylation is 1. The van der Waals surface area contributed by atoms with E-state index in [9.17, 15) is 9.90 Å². The fraction of sp³-hybridized carbons (Fsp3) is 0.562. The van der Waals surface area contributed by atoms with Gasteiger partial charge < -0.3 is 10.4 Å². The van der Waals surface area contributed by atoms with Crippen LogP contribution >= 0.6 is 15.9 Å². The maximum absolute atomic E-state index is 11.8. The molecule has 0 aliphatic carbocycles. The normalized spacial score (nSPS) is 14.1. The summed E-state index contributed by atoms with van der Waals surface area (Å²) in [6.45, 7) is 6.19. The highest BCUT2D eigenvalue weighted by Crippen LogP contribution is 2.15. The van der Waals surface area contributed by atoms with Gasteiger partial charge in [-0.2, -0.15) is 0 Å². The third kappa shape index (κ3) is 7.06. The zero-order valence-electron chi connectivity index (χ0n) is 12.4. The summed E-state index contributed by atoms with van der Waals surface area (Å²) in [6, 6.07) is 7.95. The van der Waals surface area contributed by atoms with Gasteiger partial charge in [-0.25, -0.2) is 0 Å². The second-order valence-corrected chi connectivity index (χ2v) is 6.92. The smallest absolute Gasteiger partial charge is 0.220 e. The number of hydrogen-bond donors (Lipinski definition) is 2. The van der Waals surface area contributed by atoms with Crippen molar-refractivity contribution in [3.8, 4) is 0 Å². The Hall–Kier alpha value is -0.870. The highest BCUT2D eigenvalue weighted by molar-refractivity contribution is 9.10. The van der Waals surface area contributed by atoms with Gasteiger partial charge >= 0.3 is 0 Å². The van der Waals surface area contributed by atoms with Crippen LogP contribution in [0.3, 0.4) is 0 Å². The van der Waals surface area contributed by atoms with Gasteiger partial charge in [0.15, 0.2) is 0 Å².